The van der Waals surface area contributed by atoms with E-state index >= 15 is 0 Å². The third-order valence-corrected chi connectivity index (χ3v) is 7.41. The van der Waals surface area contributed by atoms with Gasteiger partial charge >= 0.3 is 0 Å². The maximum atomic E-state index is 6.11. The van der Waals surface area contributed by atoms with Gasteiger partial charge in [-0.05, 0) is 60.3 Å². The van der Waals surface area contributed by atoms with Gasteiger partial charge in [-0.3, -0.25) is 0 Å². The summed E-state index contributed by atoms with van der Waals surface area (Å²) in [6, 6.07) is 0. The molecule has 4 nitrogen and oxygen atoms in total. The molecule has 4 rings (SSSR count). The van der Waals surface area contributed by atoms with Crippen molar-refractivity contribution in [3.63, 3.8) is 0 Å². The summed E-state index contributed by atoms with van der Waals surface area (Å²) in [7, 11) is 1.98. The molecule has 6 heteroatoms. The Labute approximate surface area is 163 Å². The fraction of sp³-hybridized carbons (Fsp3) is 0.600. The zero-order valence-corrected chi connectivity index (χ0v) is 17.4. The van der Waals surface area contributed by atoms with E-state index in [9.17, 15) is 0 Å². The highest BCUT2D eigenvalue weighted by molar-refractivity contribution is 7.12. The summed E-state index contributed by atoms with van der Waals surface area (Å²) in [6.07, 6.45) is 1.44. The molecule has 0 radical (unpaired) electrons. The molecular weight excluding hydrogens is 364 g/mol. The number of hydrogen-bond acceptors (Lipinski definition) is 6. The fourth-order valence-corrected chi connectivity index (χ4v) is 6.40. The largest absolute Gasteiger partial charge is 0.372 e. The molecule has 0 bridgehead atoms. The van der Waals surface area contributed by atoms with Gasteiger partial charge in [-0.2, -0.15) is 11.3 Å². The Morgan fingerprint density at radius 1 is 1.04 bits per heavy atom. The second-order valence-electron chi connectivity index (χ2n) is 7.23. The van der Waals surface area contributed by atoms with Crippen molar-refractivity contribution in [1.82, 2.24) is 10.6 Å². The second-order valence-corrected chi connectivity index (χ2v) is 9.41. The van der Waals surface area contributed by atoms with E-state index in [0.29, 0.717) is 5.92 Å². The van der Waals surface area contributed by atoms with Crippen LogP contribution < -0.4 is 10.6 Å². The number of hydrogen-bond donors (Lipinski definition) is 2. The van der Waals surface area contributed by atoms with Crippen molar-refractivity contribution in [2.24, 2.45) is 0 Å². The number of likely N-dealkylation sites (N-methyl/N-ethyl adjacent to an activating group) is 1. The van der Waals surface area contributed by atoms with E-state index in [0.717, 1.165) is 39.3 Å². The predicted octanol–water partition coefficient (Wildman–Crippen LogP) is 3.70. The molecule has 2 aromatic heterocycles. The minimum atomic E-state index is 0.187. The fourth-order valence-electron chi connectivity index (χ4n) is 4.26. The normalized spacial score (nSPS) is 25.1. The van der Waals surface area contributed by atoms with Crippen LogP contribution in [0.1, 0.15) is 50.1 Å². The third kappa shape index (κ3) is 3.51. The van der Waals surface area contributed by atoms with E-state index in [1.807, 2.05) is 18.4 Å². The standard InChI is InChI=1S/C20H28N2O2S2/c1-12-15-4-5-23-19(20(15)13(2)26-12)8-22-6-14-9-24-18(7-21-3)17-11-25-10-16(14)17/h10-11,14,18-19,21-22H,4-9H2,1-3H3. The molecule has 142 valence electrons. The summed E-state index contributed by atoms with van der Waals surface area (Å²) in [4.78, 5) is 2.88. The number of fused-ring (bicyclic) bond motifs is 2. The lowest BCUT2D eigenvalue weighted by Gasteiger charge is -2.31. The minimum absolute atomic E-state index is 0.187. The number of nitrogens with one attached hydrogen (secondary N) is 2. The van der Waals surface area contributed by atoms with E-state index < -0.39 is 0 Å². The van der Waals surface area contributed by atoms with Crippen molar-refractivity contribution in [3.8, 4) is 0 Å². The summed E-state index contributed by atoms with van der Waals surface area (Å²) in [6.45, 7) is 8.78. The van der Waals surface area contributed by atoms with Crippen molar-refractivity contribution in [3.05, 3.63) is 42.8 Å². The monoisotopic (exact) mass is 392 g/mol. The molecule has 0 saturated carbocycles. The Balaban J connectivity index is 1.39. The lowest BCUT2D eigenvalue weighted by molar-refractivity contribution is 0.0251. The van der Waals surface area contributed by atoms with Gasteiger partial charge in [0.2, 0.25) is 0 Å². The summed E-state index contributed by atoms with van der Waals surface area (Å²) in [5.74, 6) is 0.428. The van der Waals surface area contributed by atoms with Crippen molar-refractivity contribution in [1.29, 1.82) is 0 Å². The molecule has 2 aliphatic heterocycles. The summed E-state index contributed by atoms with van der Waals surface area (Å²) < 4.78 is 12.2. The lowest BCUT2D eigenvalue weighted by Crippen LogP contribution is -2.34. The molecule has 0 aromatic carbocycles. The molecule has 2 N–H and O–H groups in total. The van der Waals surface area contributed by atoms with Crippen LogP contribution in [0.2, 0.25) is 0 Å². The molecule has 4 heterocycles. The molecule has 3 atom stereocenters. The smallest absolute Gasteiger partial charge is 0.0962 e. The van der Waals surface area contributed by atoms with Crippen molar-refractivity contribution in [2.75, 3.05) is 39.9 Å². The van der Waals surface area contributed by atoms with Gasteiger partial charge in [0.15, 0.2) is 0 Å². The molecular formula is C20H28N2O2S2. The van der Waals surface area contributed by atoms with Crippen LogP contribution in [0.5, 0.6) is 0 Å². The number of aryl methyl sites for hydroxylation is 2. The maximum absolute atomic E-state index is 6.11. The van der Waals surface area contributed by atoms with Crippen LogP contribution in [0.3, 0.4) is 0 Å². The second kappa shape index (κ2) is 8.09. The van der Waals surface area contributed by atoms with E-state index in [1.165, 1.54) is 32.0 Å². The van der Waals surface area contributed by atoms with E-state index in [1.54, 1.807) is 11.3 Å². The molecule has 3 unspecified atom stereocenters. The maximum Gasteiger partial charge on any atom is 0.0962 e. The molecule has 0 amide bonds. The van der Waals surface area contributed by atoms with Crippen LogP contribution in [0.4, 0.5) is 0 Å². The molecule has 0 fully saturated rings. The van der Waals surface area contributed by atoms with Crippen molar-refractivity contribution >= 4 is 22.7 Å². The molecule has 0 saturated heterocycles. The Kier molecular flexibility index (Phi) is 5.78. The van der Waals surface area contributed by atoms with Gasteiger partial charge in [-0.1, -0.05) is 0 Å². The number of thiophene rings is 2. The van der Waals surface area contributed by atoms with Gasteiger partial charge < -0.3 is 20.1 Å². The summed E-state index contributed by atoms with van der Waals surface area (Å²) in [5.41, 5.74) is 5.79. The van der Waals surface area contributed by atoms with E-state index in [2.05, 4.69) is 35.2 Å². The molecule has 2 aliphatic rings. The SMILES string of the molecule is CNCC1OCC(CNCC2OCCc3c(C)sc(C)c32)c2cscc21. The summed E-state index contributed by atoms with van der Waals surface area (Å²) in [5, 5.41) is 11.5. The number of ether oxygens (including phenoxy) is 2. The first-order valence-corrected chi connectivity index (χ1v) is 11.2. The molecule has 0 aliphatic carbocycles. The lowest BCUT2D eigenvalue weighted by atomic mass is 9.93. The minimum Gasteiger partial charge on any atom is -0.372 e. The Morgan fingerprint density at radius 2 is 1.88 bits per heavy atom. The Bertz CT molecular complexity index is 755. The van der Waals surface area contributed by atoms with Crippen LogP contribution in [-0.4, -0.2) is 39.9 Å². The first-order chi connectivity index (χ1) is 12.7. The topological polar surface area (TPSA) is 42.5 Å². The Hall–Kier alpha value is -0.760. The highest BCUT2D eigenvalue weighted by Crippen LogP contribution is 2.38. The van der Waals surface area contributed by atoms with Gasteiger partial charge in [0.1, 0.15) is 0 Å². The predicted molar refractivity (Wildman–Crippen MR) is 109 cm³/mol. The Morgan fingerprint density at radius 3 is 2.73 bits per heavy atom. The van der Waals surface area contributed by atoms with Crippen LogP contribution in [0.25, 0.3) is 0 Å². The summed E-state index contributed by atoms with van der Waals surface area (Å²) >= 11 is 3.70. The number of rotatable bonds is 6. The van der Waals surface area contributed by atoms with Gasteiger partial charge in [-0.15, -0.1) is 11.3 Å². The van der Waals surface area contributed by atoms with Crippen molar-refractivity contribution in [2.45, 2.75) is 38.4 Å². The highest BCUT2D eigenvalue weighted by Gasteiger charge is 2.29. The average molecular weight is 393 g/mol. The van der Waals surface area contributed by atoms with Crippen LogP contribution in [-0.2, 0) is 15.9 Å². The van der Waals surface area contributed by atoms with Gasteiger partial charge in [-0.25, -0.2) is 0 Å². The quantitative estimate of drug-likeness (QED) is 0.787. The zero-order valence-electron chi connectivity index (χ0n) is 15.8. The molecule has 2 aromatic rings. The highest BCUT2D eigenvalue weighted by atomic mass is 32.1. The van der Waals surface area contributed by atoms with Crippen LogP contribution in [0.15, 0.2) is 10.8 Å². The third-order valence-electron chi connectivity index (χ3n) is 5.55. The zero-order chi connectivity index (χ0) is 18.1. The molecule has 0 spiro atoms. The average Bonchev–Trinajstić information content (AvgIpc) is 3.23. The van der Waals surface area contributed by atoms with E-state index in [4.69, 9.17) is 9.47 Å². The van der Waals surface area contributed by atoms with E-state index in [-0.39, 0.29) is 12.2 Å². The van der Waals surface area contributed by atoms with Crippen LogP contribution >= 0.6 is 22.7 Å². The van der Waals surface area contributed by atoms with Gasteiger partial charge in [0, 0.05) is 35.3 Å². The van der Waals surface area contributed by atoms with Crippen LogP contribution in [0, 0.1) is 13.8 Å². The van der Waals surface area contributed by atoms with Gasteiger partial charge in [0.25, 0.3) is 0 Å². The molecule has 26 heavy (non-hydrogen) atoms. The van der Waals surface area contributed by atoms with Crippen molar-refractivity contribution < 1.29 is 9.47 Å². The first-order valence-electron chi connectivity index (χ1n) is 9.42. The van der Waals surface area contributed by atoms with Gasteiger partial charge in [0.05, 0.1) is 25.4 Å². The first kappa shape index (κ1) is 18.6.